The fraction of sp³-hybridized carbons (Fsp3) is 0.370. The molecule has 39 heavy (non-hydrogen) atoms. The summed E-state index contributed by atoms with van der Waals surface area (Å²) in [6.45, 7) is 4.48. The Hall–Kier alpha value is -3.64. The SMILES string of the molecule is Cc1noc(/C=C/c2ccc(F)cc2F)c1S(=O)(=O)N1CCC(C(=O)N2CCN(c3ccccn3)CC2)CC1. The van der Waals surface area contributed by atoms with E-state index in [1.165, 1.54) is 29.4 Å². The lowest BCUT2D eigenvalue weighted by Crippen LogP contribution is -2.52. The Morgan fingerprint density at radius 1 is 1.03 bits per heavy atom. The number of hydrogen-bond acceptors (Lipinski definition) is 7. The molecule has 9 nitrogen and oxygen atoms in total. The second-order valence-corrected chi connectivity index (χ2v) is 11.5. The molecule has 0 aliphatic carbocycles. The summed E-state index contributed by atoms with van der Waals surface area (Å²) >= 11 is 0. The highest BCUT2D eigenvalue weighted by atomic mass is 32.2. The Kier molecular flexibility index (Phi) is 7.76. The molecule has 2 fully saturated rings. The molecular weight excluding hydrogens is 528 g/mol. The molecule has 0 atom stereocenters. The van der Waals surface area contributed by atoms with Gasteiger partial charge in [-0.05, 0) is 56.2 Å². The van der Waals surface area contributed by atoms with Crippen LogP contribution in [-0.2, 0) is 14.8 Å². The number of hydrogen-bond donors (Lipinski definition) is 0. The van der Waals surface area contributed by atoms with E-state index in [4.69, 9.17) is 4.52 Å². The monoisotopic (exact) mass is 557 g/mol. The second kappa shape index (κ2) is 11.2. The number of pyridine rings is 1. The van der Waals surface area contributed by atoms with Crippen LogP contribution in [0.1, 0.15) is 29.9 Å². The fourth-order valence-corrected chi connectivity index (χ4v) is 6.75. The number of nitrogens with zero attached hydrogens (tertiary/aromatic N) is 5. The van der Waals surface area contributed by atoms with Crippen LogP contribution < -0.4 is 4.90 Å². The van der Waals surface area contributed by atoms with Crippen LogP contribution in [0.4, 0.5) is 14.6 Å². The summed E-state index contributed by atoms with van der Waals surface area (Å²) in [7, 11) is -3.98. The van der Waals surface area contributed by atoms with Gasteiger partial charge in [-0.15, -0.1) is 0 Å². The molecule has 0 bridgehead atoms. The van der Waals surface area contributed by atoms with Crippen LogP contribution in [0.5, 0.6) is 0 Å². The van der Waals surface area contributed by atoms with Crippen LogP contribution in [0.2, 0.25) is 0 Å². The highest BCUT2D eigenvalue weighted by Gasteiger charge is 2.37. The van der Waals surface area contributed by atoms with E-state index in [1.54, 1.807) is 6.20 Å². The van der Waals surface area contributed by atoms with Gasteiger partial charge in [-0.25, -0.2) is 22.2 Å². The van der Waals surface area contributed by atoms with Gasteiger partial charge in [0, 0.05) is 63.0 Å². The molecule has 2 aliphatic rings. The first-order chi connectivity index (χ1) is 18.7. The van der Waals surface area contributed by atoms with Gasteiger partial charge in [-0.1, -0.05) is 11.2 Å². The number of piperidine rings is 1. The van der Waals surface area contributed by atoms with E-state index in [0.717, 1.165) is 18.0 Å². The number of benzene rings is 1. The third-order valence-corrected chi connectivity index (χ3v) is 9.23. The van der Waals surface area contributed by atoms with Gasteiger partial charge in [0.05, 0.1) is 0 Å². The van der Waals surface area contributed by atoms with Gasteiger partial charge in [0.25, 0.3) is 0 Å². The van der Waals surface area contributed by atoms with Gasteiger partial charge in [0.1, 0.15) is 23.1 Å². The summed E-state index contributed by atoms with van der Waals surface area (Å²) in [4.78, 5) is 21.5. The number of rotatable bonds is 6. The maximum absolute atomic E-state index is 14.0. The maximum atomic E-state index is 14.0. The molecule has 1 amide bonds. The summed E-state index contributed by atoms with van der Waals surface area (Å²) in [5.41, 5.74) is 0.257. The lowest BCUT2D eigenvalue weighted by molar-refractivity contribution is -0.137. The average Bonchev–Trinajstić information content (AvgIpc) is 3.33. The Balaban J connectivity index is 1.21. The molecule has 4 heterocycles. The predicted molar refractivity (Wildman–Crippen MR) is 141 cm³/mol. The number of aryl methyl sites for hydroxylation is 1. The van der Waals surface area contributed by atoms with Crippen molar-refractivity contribution in [2.45, 2.75) is 24.7 Å². The van der Waals surface area contributed by atoms with Crippen molar-refractivity contribution in [2.24, 2.45) is 5.92 Å². The number of sulfonamides is 1. The van der Waals surface area contributed by atoms with E-state index in [2.05, 4.69) is 15.0 Å². The Morgan fingerprint density at radius 3 is 2.44 bits per heavy atom. The van der Waals surface area contributed by atoms with Crippen molar-refractivity contribution in [3.63, 3.8) is 0 Å². The van der Waals surface area contributed by atoms with Gasteiger partial charge in [0.15, 0.2) is 10.7 Å². The minimum atomic E-state index is -3.98. The van der Waals surface area contributed by atoms with Crippen LogP contribution in [-0.4, -0.2) is 72.9 Å². The highest BCUT2D eigenvalue weighted by Crippen LogP contribution is 2.30. The van der Waals surface area contributed by atoms with Crippen LogP contribution in [0.3, 0.4) is 0 Å². The third kappa shape index (κ3) is 5.71. The van der Waals surface area contributed by atoms with Gasteiger partial charge < -0.3 is 14.3 Å². The molecular formula is C27H29F2N5O4S. The van der Waals surface area contributed by atoms with Crippen LogP contribution >= 0.6 is 0 Å². The molecule has 2 aliphatic heterocycles. The van der Waals surface area contributed by atoms with Crippen molar-refractivity contribution in [1.29, 1.82) is 0 Å². The van der Waals surface area contributed by atoms with E-state index in [-0.39, 0.29) is 46.8 Å². The number of carbonyl (C=O) groups excluding carboxylic acids is 1. The molecule has 0 radical (unpaired) electrons. The zero-order chi connectivity index (χ0) is 27.6. The van der Waals surface area contributed by atoms with Crippen molar-refractivity contribution in [1.82, 2.24) is 19.3 Å². The van der Waals surface area contributed by atoms with Crippen molar-refractivity contribution in [3.05, 3.63) is 71.2 Å². The maximum Gasteiger partial charge on any atom is 0.248 e. The quantitative estimate of drug-likeness (QED) is 0.457. The first kappa shape index (κ1) is 26.9. The first-order valence-corrected chi connectivity index (χ1v) is 14.2. The Bertz CT molecular complexity index is 1460. The minimum absolute atomic E-state index is 0.0415. The standard InChI is InChI=1S/C27H29F2N5O4S/c1-19-26(24(38-31-19)8-6-20-5-7-22(28)18-23(20)29)39(36,37)34-12-9-21(10-13-34)27(35)33-16-14-32(15-17-33)25-4-2-3-11-30-25/h2-8,11,18,21H,9-10,12-17H2,1H3/b8-6+. The normalized spacial score (nSPS) is 17.7. The molecule has 0 saturated carbocycles. The number of piperazine rings is 1. The molecule has 2 saturated heterocycles. The van der Waals surface area contributed by atoms with Gasteiger partial charge >= 0.3 is 0 Å². The zero-order valence-corrected chi connectivity index (χ0v) is 22.3. The van der Waals surface area contributed by atoms with E-state index >= 15 is 0 Å². The number of halogens is 2. The average molecular weight is 558 g/mol. The van der Waals surface area contributed by atoms with Gasteiger partial charge in [0.2, 0.25) is 15.9 Å². The van der Waals surface area contributed by atoms with Gasteiger partial charge in [-0.2, -0.15) is 4.31 Å². The summed E-state index contributed by atoms with van der Waals surface area (Å²) in [6.07, 6.45) is 5.19. The van der Waals surface area contributed by atoms with Gasteiger partial charge in [-0.3, -0.25) is 4.79 Å². The number of anilines is 1. The first-order valence-electron chi connectivity index (χ1n) is 12.8. The van der Waals surface area contributed by atoms with E-state index in [0.29, 0.717) is 39.0 Å². The zero-order valence-electron chi connectivity index (χ0n) is 21.5. The van der Waals surface area contributed by atoms with Crippen molar-refractivity contribution in [2.75, 3.05) is 44.2 Å². The van der Waals surface area contributed by atoms with E-state index in [9.17, 15) is 22.0 Å². The molecule has 0 N–H and O–H groups in total. The Labute approximate surface area is 225 Å². The smallest absolute Gasteiger partial charge is 0.248 e. The molecule has 0 spiro atoms. The summed E-state index contributed by atoms with van der Waals surface area (Å²) < 4.78 is 60.8. The molecule has 3 aromatic rings. The molecule has 5 rings (SSSR count). The fourth-order valence-electron chi connectivity index (χ4n) is 5.03. The van der Waals surface area contributed by atoms with Crippen LogP contribution in [0, 0.1) is 24.5 Å². The molecule has 1 aromatic carbocycles. The van der Waals surface area contributed by atoms with Crippen molar-refractivity contribution >= 4 is 33.9 Å². The van der Waals surface area contributed by atoms with Crippen LogP contribution in [0.25, 0.3) is 12.2 Å². The van der Waals surface area contributed by atoms with Crippen LogP contribution in [0.15, 0.2) is 52.0 Å². The summed E-state index contributed by atoms with van der Waals surface area (Å²) in [5.74, 6) is -0.834. The largest absolute Gasteiger partial charge is 0.355 e. The van der Waals surface area contributed by atoms with Crippen molar-refractivity contribution < 1.29 is 26.5 Å². The minimum Gasteiger partial charge on any atom is -0.355 e. The second-order valence-electron chi connectivity index (χ2n) is 9.64. The highest BCUT2D eigenvalue weighted by molar-refractivity contribution is 7.89. The Morgan fingerprint density at radius 2 is 1.77 bits per heavy atom. The number of amides is 1. The molecule has 206 valence electrons. The number of aromatic nitrogens is 2. The van der Waals surface area contributed by atoms with E-state index in [1.807, 2.05) is 23.1 Å². The molecule has 2 aromatic heterocycles. The van der Waals surface area contributed by atoms with E-state index < -0.39 is 21.7 Å². The number of carbonyl (C=O) groups is 1. The third-order valence-electron chi connectivity index (χ3n) is 7.18. The molecule has 12 heteroatoms. The molecule has 0 unspecified atom stereocenters. The summed E-state index contributed by atoms with van der Waals surface area (Å²) in [5, 5.41) is 3.80. The lowest BCUT2D eigenvalue weighted by atomic mass is 9.96. The predicted octanol–water partition coefficient (Wildman–Crippen LogP) is 3.58. The summed E-state index contributed by atoms with van der Waals surface area (Å²) in [6, 6.07) is 8.86. The topological polar surface area (TPSA) is 99.8 Å². The lowest BCUT2D eigenvalue weighted by Gasteiger charge is -2.38. The van der Waals surface area contributed by atoms with Crippen molar-refractivity contribution in [3.8, 4) is 0 Å².